The Bertz CT molecular complexity index is 663. The van der Waals surface area contributed by atoms with E-state index in [9.17, 15) is 14.3 Å². The van der Waals surface area contributed by atoms with Crippen LogP contribution < -0.4 is 5.32 Å². The summed E-state index contributed by atoms with van der Waals surface area (Å²) in [5.74, 6) is -0.343. The van der Waals surface area contributed by atoms with E-state index < -0.39 is 18.2 Å². The van der Waals surface area contributed by atoms with Crippen LogP contribution in [0.5, 0.6) is 0 Å². The van der Waals surface area contributed by atoms with Crippen molar-refractivity contribution in [3.05, 3.63) is 36.3 Å². The predicted octanol–water partition coefficient (Wildman–Crippen LogP) is -0.0415. The first-order chi connectivity index (χ1) is 10.7. The largest absolute Gasteiger partial charge is 0.388 e. The van der Waals surface area contributed by atoms with Crippen molar-refractivity contribution in [3.63, 3.8) is 0 Å². The van der Waals surface area contributed by atoms with Gasteiger partial charge >= 0.3 is 0 Å². The molecule has 22 heavy (non-hydrogen) atoms. The first-order valence-electron chi connectivity index (χ1n) is 6.83. The summed E-state index contributed by atoms with van der Waals surface area (Å²) >= 11 is 0. The number of aliphatic hydroxyl groups is 1. The molecule has 1 aromatic heterocycles. The Hall–Kier alpha value is -2.32. The maximum Gasteiger partial charge on any atom is 0.207 e. The number of benzene rings is 1. The van der Waals surface area contributed by atoms with E-state index in [1.54, 1.807) is 23.0 Å². The molecule has 1 aliphatic rings. The maximum absolute atomic E-state index is 13.2. The Morgan fingerprint density at radius 1 is 1.55 bits per heavy atom. The number of amides is 1. The number of hydrogen-bond acceptors (Lipinski definition) is 5. The smallest absolute Gasteiger partial charge is 0.207 e. The topological polar surface area (TPSA) is 89.3 Å². The second kappa shape index (κ2) is 6.20. The monoisotopic (exact) mass is 306 g/mol. The predicted molar refractivity (Wildman–Crippen MR) is 74.2 cm³/mol. The van der Waals surface area contributed by atoms with E-state index in [4.69, 9.17) is 4.74 Å². The van der Waals surface area contributed by atoms with Crippen LogP contribution in [0.1, 0.15) is 0 Å². The van der Waals surface area contributed by atoms with Crippen molar-refractivity contribution in [1.82, 2.24) is 20.3 Å². The molecule has 0 saturated carbocycles. The average Bonchev–Trinajstić information content (AvgIpc) is 3.10. The summed E-state index contributed by atoms with van der Waals surface area (Å²) in [7, 11) is 0. The molecule has 7 nitrogen and oxygen atoms in total. The van der Waals surface area contributed by atoms with E-state index in [2.05, 4.69) is 15.6 Å². The van der Waals surface area contributed by atoms with Gasteiger partial charge in [0.25, 0.3) is 0 Å². The van der Waals surface area contributed by atoms with Crippen molar-refractivity contribution < 1.29 is 19.0 Å². The van der Waals surface area contributed by atoms with Gasteiger partial charge in [0, 0.05) is 5.56 Å². The molecular weight excluding hydrogens is 291 g/mol. The normalized spacial score (nSPS) is 24.4. The van der Waals surface area contributed by atoms with Crippen molar-refractivity contribution in [2.45, 2.75) is 24.8 Å². The van der Waals surface area contributed by atoms with E-state index in [-0.39, 0.29) is 12.4 Å². The first-order valence-corrected chi connectivity index (χ1v) is 6.83. The van der Waals surface area contributed by atoms with Crippen molar-refractivity contribution in [2.24, 2.45) is 0 Å². The minimum atomic E-state index is -0.749. The lowest BCUT2D eigenvalue weighted by atomic mass is 10.1. The molecule has 0 unspecified atom stereocenters. The summed E-state index contributed by atoms with van der Waals surface area (Å²) < 4.78 is 20.2. The number of carbonyl (C=O) groups is 1. The maximum atomic E-state index is 13.2. The zero-order chi connectivity index (χ0) is 15.5. The number of nitrogens with zero attached hydrogens (tertiary/aromatic N) is 3. The fourth-order valence-corrected chi connectivity index (χ4v) is 2.49. The molecule has 0 radical (unpaired) electrons. The molecule has 3 atom stereocenters. The second-order valence-electron chi connectivity index (χ2n) is 5.09. The third kappa shape index (κ3) is 2.97. The minimum Gasteiger partial charge on any atom is -0.388 e. The fraction of sp³-hybridized carbons (Fsp3) is 0.357. The lowest BCUT2D eigenvalue weighted by molar-refractivity contribution is -0.111. The van der Waals surface area contributed by atoms with E-state index in [0.717, 1.165) is 0 Å². The van der Waals surface area contributed by atoms with Gasteiger partial charge in [0.2, 0.25) is 6.41 Å². The zero-order valence-electron chi connectivity index (χ0n) is 11.6. The molecule has 2 N–H and O–H groups in total. The van der Waals surface area contributed by atoms with Gasteiger partial charge in [-0.1, -0.05) is 17.3 Å². The highest BCUT2D eigenvalue weighted by Gasteiger charge is 2.36. The number of halogens is 1. The standard InChI is InChI=1S/C14H15FN4O3/c15-10-3-1-2-9(4-10)11-5-19(18-17-11)6-13-14(16-8-20)12(21)7-22-13/h1-5,8,12-14,21H,6-7H2,(H,16,20)/t12-,13+,14+/m0/s1. The number of rotatable bonds is 5. The molecule has 3 rings (SSSR count). The van der Waals surface area contributed by atoms with Crippen LogP contribution in [0.25, 0.3) is 11.3 Å². The van der Waals surface area contributed by atoms with Crippen molar-refractivity contribution in [1.29, 1.82) is 0 Å². The molecule has 2 aromatic rings. The molecule has 1 aliphatic heterocycles. The molecule has 1 fully saturated rings. The lowest BCUT2D eigenvalue weighted by Crippen LogP contribution is -2.44. The Morgan fingerprint density at radius 3 is 3.18 bits per heavy atom. The van der Waals surface area contributed by atoms with Crippen LogP contribution in [-0.2, 0) is 16.1 Å². The summed E-state index contributed by atoms with van der Waals surface area (Å²) in [6.07, 6.45) is 1.05. The summed E-state index contributed by atoms with van der Waals surface area (Å²) in [5.41, 5.74) is 1.17. The van der Waals surface area contributed by atoms with Gasteiger partial charge in [-0.25, -0.2) is 9.07 Å². The van der Waals surface area contributed by atoms with Gasteiger partial charge in [-0.2, -0.15) is 0 Å². The molecule has 1 saturated heterocycles. The van der Waals surface area contributed by atoms with Gasteiger partial charge in [0.05, 0.1) is 31.5 Å². The van der Waals surface area contributed by atoms with Crippen molar-refractivity contribution in [2.75, 3.05) is 6.61 Å². The van der Waals surface area contributed by atoms with Crippen LogP contribution in [0.2, 0.25) is 0 Å². The number of aliphatic hydroxyl groups excluding tert-OH is 1. The average molecular weight is 306 g/mol. The number of hydrogen-bond donors (Lipinski definition) is 2. The highest BCUT2D eigenvalue weighted by atomic mass is 19.1. The summed E-state index contributed by atoms with van der Waals surface area (Å²) in [6.45, 7) is 0.479. The van der Waals surface area contributed by atoms with Crippen LogP contribution in [-0.4, -0.2) is 51.4 Å². The molecule has 116 valence electrons. The summed E-state index contributed by atoms with van der Waals surface area (Å²) in [4.78, 5) is 10.6. The Balaban J connectivity index is 1.73. The summed E-state index contributed by atoms with van der Waals surface area (Å²) in [5, 5.41) is 20.3. The quantitative estimate of drug-likeness (QED) is 0.757. The van der Waals surface area contributed by atoms with Crippen molar-refractivity contribution >= 4 is 6.41 Å². The van der Waals surface area contributed by atoms with Gasteiger partial charge < -0.3 is 15.2 Å². The number of ether oxygens (including phenoxy) is 1. The van der Waals surface area contributed by atoms with E-state index in [0.29, 0.717) is 24.2 Å². The van der Waals surface area contributed by atoms with Gasteiger partial charge in [0.15, 0.2) is 0 Å². The van der Waals surface area contributed by atoms with E-state index in [1.807, 2.05) is 0 Å². The molecular formula is C14H15FN4O3. The van der Waals surface area contributed by atoms with Crippen LogP contribution in [0.4, 0.5) is 4.39 Å². The molecule has 0 spiro atoms. The molecule has 0 bridgehead atoms. The Labute approximate surface area is 125 Å². The SMILES string of the molecule is O=CN[C@@H]1[C@@H](O)CO[C@@H]1Cn1cc(-c2cccc(F)c2)nn1. The Kier molecular flexibility index (Phi) is 4.12. The molecule has 8 heteroatoms. The minimum absolute atomic E-state index is 0.154. The highest BCUT2D eigenvalue weighted by Crippen LogP contribution is 2.19. The van der Waals surface area contributed by atoms with Gasteiger partial charge in [0.1, 0.15) is 17.6 Å². The number of carbonyl (C=O) groups excluding carboxylic acids is 1. The number of nitrogens with one attached hydrogen (secondary N) is 1. The third-order valence-corrected chi connectivity index (χ3v) is 3.58. The zero-order valence-corrected chi connectivity index (χ0v) is 11.6. The molecule has 2 heterocycles. The molecule has 1 aromatic carbocycles. The first kappa shape index (κ1) is 14.6. The van der Waals surface area contributed by atoms with Crippen LogP contribution in [0.15, 0.2) is 30.5 Å². The van der Waals surface area contributed by atoms with Gasteiger partial charge in [-0.05, 0) is 12.1 Å². The Morgan fingerprint density at radius 2 is 2.41 bits per heavy atom. The second-order valence-corrected chi connectivity index (χ2v) is 5.09. The third-order valence-electron chi connectivity index (χ3n) is 3.58. The number of aromatic nitrogens is 3. The van der Waals surface area contributed by atoms with Gasteiger partial charge in [-0.3, -0.25) is 4.79 Å². The van der Waals surface area contributed by atoms with E-state index >= 15 is 0 Å². The van der Waals surface area contributed by atoms with E-state index in [1.165, 1.54) is 12.1 Å². The summed E-state index contributed by atoms with van der Waals surface area (Å²) in [6, 6.07) is 5.59. The van der Waals surface area contributed by atoms with Crippen LogP contribution in [0, 0.1) is 5.82 Å². The highest BCUT2D eigenvalue weighted by molar-refractivity contribution is 5.57. The lowest BCUT2D eigenvalue weighted by Gasteiger charge is -2.18. The van der Waals surface area contributed by atoms with Crippen LogP contribution >= 0.6 is 0 Å². The van der Waals surface area contributed by atoms with Crippen LogP contribution in [0.3, 0.4) is 0 Å². The molecule has 1 amide bonds. The molecule has 0 aliphatic carbocycles. The fourth-order valence-electron chi connectivity index (χ4n) is 2.49. The van der Waals surface area contributed by atoms with Crippen molar-refractivity contribution in [3.8, 4) is 11.3 Å². The van der Waals surface area contributed by atoms with Gasteiger partial charge in [-0.15, -0.1) is 5.10 Å².